The zero-order chi connectivity index (χ0) is 20.4. The van der Waals surface area contributed by atoms with Crippen LogP contribution in [0, 0.1) is 11.3 Å². The largest absolute Gasteiger partial charge is 0.494 e. The summed E-state index contributed by atoms with van der Waals surface area (Å²) in [5.41, 5.74) is 2.06. The molecule has 0 aliphatic rings. The predicted octanol–water partition coefficient (Wildman–Crippen LogP) is 5.30. The number of carboxylic acid groups (broad SMARTS) is 1. The summed E-state index contributed by atoms with van der Waals surface area (Å²) < 4.78 is 5.54. The van der Waals surface area contributed by atoms with Gasteiger partial charge in [-0.1, -0.05) is 25.3 Å². The molecule has 1 rings (SSSR count). The molecule has 0 amide bonds. The fourth-order valence-corrected chi connectivity index (χ4v) is 2.86. The van der Waals surface area contributed by atoms with Gasteiger partial charge in [-0.3, -0.25) is 0 Å². The van der Waals surface area contributed by atoms with Crippen LogP contribution in [0.25, 0.3) is 5.57 Å². The van der Waals surface area contributed by atoms with Crippen molar-refractivity contribution in [1.82, 2.24) is 4.98 Å². The smallest absolute Gasteiger partial charge is 0.347 e. The van der Waals surface area contributed by atoms with Gasteiger partial charge in [0.2, 0.25) is 0 Å². The Balaban J connectivity index is 3.19. The Morgan fingerprint density at radius 1 is 1.41 bits per heavy atom. The van der Waals surface area contributed by atoms with Crippen LogP contribution in [0.5, 0.6) is 0 Å². The number of carboxylic acids is 1. The van der Waals surface area contributed by atoms with Gasteiger partial charge in [-0.15, -0.1) is 11.3 Å². The van der Waals surface area contributed by atoms with E-state index in [4.69, 9.17) is 9.84 Å². The summed E-state index contributed by atoms with van der Waals surface area (Å²) in [7, 11) is 0. The number of aromatic carboxylic acids is 1. The number of nitriles is 1. The van der Waals surface area contributed by atoms with Gasteiger partial charge in [0, 0.05) is 5.57 Å². The Morgan fingerprint density at radius 2 is 2.11 bits per heavy atom. The molecule has 0 aromatic carbocycles. The maximum atomic E-state index is 11.0. The molecule has 0 saturated carbocycles. The van der Waals surface area contributed by atoms with Crippen LogP contribution in [0.1, 0.15) is 35.5 Å². The molecule has 1 heterocycles. The van der Waals surface area contributed by atoms with Crippen LogP contribution in [0.3, 0.4) is 0 Å². The van der Waals surface area contributed by atoms with Crippen molar-refractivity contribution in [1.29, 1.82) is 5.26 Å². The molecule has 0 bridgehead atoms. The van der Waals surface area contributed by atoms with E-state index >= 15 is 0 Å². The molecule has 0 unspecified atom stereocenters. The zero-order valence-corrected chi connectivity index (χ0v) is 16.5. The summed E-state index contributed by atoms with van der Waals surface area (Å²) in [5.74, 6) is -0.400. The van der Waals surface area contributed by atoms with Crippen LogP contribution in [-0.2, 0) is 4.74 Å². The molecule has 5 nitrogen and oxygen atoms in total. The minimum Gasteiger partial charge on any atom is -0.494 e. The molecule has 6 heteroatoms. The Hall–Kier alpha value is -3.17. The molecular weight excluding hydrogens is 360 g/mol. The van der Waals surface area contributed by atoms with E-state index < -0.39 is 5.97 Å². The van der Waals surface area contributed by atoms with E-state index in [2.05, 4.69) is 24.2 Å². The van der Waals surface area contributed by atoms with Gasteiger partial charge in [0.15, 0.2) is 0 Å². The summed E-state index contributed by atoms with van der Waals surface area (Å²) in [5, 5.41) is 19.0. The highest BCUT2D eigenvalue weighted by atomic mass is 32.1. The summed E-state index contributed by atoms with van der Waals surface area (Å²) in [4.78, 5) is 15.2. The molecule has 0 aliphatic carbocycles. The third kappa shape index (κ3) is 6.24. The van der Waals surface area contributed by atoms with Gasteiger partial charge >= 0.3 is 5.97 Å². The fourth-order valence-electron chi connectivity index (χ4n) is 2.16. The fraction of sp³-hybridized carbons (Fsp3) is 0.190. The lowest BCUT2D eigenvalue weighted by atomic mass is 9.97. The average Bonchev–Trinajstić information content (AvgIpc) is 3.12. The van der Waals surface area contributed by atoms with Gasteiger partial charge in [0.1, 0.15) is 15.6 Å². The van der Waals surface area contributed by atoms with Crippen molar-refractivity contribution in [3.8, 4) is 6.07 Å². The van der Waals surface area contributed by atoms with Gasteiger partial charge in [0.25, 0.3) is 0 Å². The van der Waals surface area contributed by atoms with Gasteiger partial charge in [-0.05, 0) is 50.1 Å². The number of nitrogens with zero attached hydrogens (tertiary/aromatic N) is 2. The van der Waals surface area contributed by atoms with Crippen molar-refractivity contribution in [3.05, 3.63) is 82.1 Å². The highest BCUT2D eigenvalue weighted by Crippen LogP contribution is 2.26. The first-order valence-corrected chi connectivity index (χ1v) is 9.02. The molecule has 140 valence electrons. The summed E-state index contributed by atoms with van der Waals surface area (Å²) >= 11 is 1.01. The second kappa shape index (κ2) is 10.7. The molecule has 0 spiro atoms. The van der Waals surface area contributed by atoms with E-state index in [-0.39, 0.29) is 4.88 Å². The first-order valence-electron chi connectivity index (χ1n) is 8.21. The van der Waals surface area contributed by atoms with Gasteiger partial charge < -0.3 is 9.84 Å². The van der Waals surface area contributed by atoms with Crippen molar-refractivity contribution < 1.29 is 14.6 Å². The lowest BCUT2D eigenvalue weighted by Crippen LogP contribution is -1.94. The molecule has 0 saturated heterocycles. The van der Waals surface area contributed by atoms with Crippen molar-refractivity contribution in [2.24, 2.45) is 0 Å². The minimum absolute atomic E-state index is 0.115. The second-order valence-corrected chi connectivity index (χ2v) is 6.27. The summed E-state index contributed by atoms with van der Waals surface area (Å²) in [6.07, 6.45) is 10.1. The lowest BCUT2D eigenvalue weighted by Gasteiger charge is -2.09. The number of hydrogen-bond acceptors (Lipinski definition) is 5. The Kier molecular flexibility index (Phi) is 8.70. The molecule has 1 aromatic rings. The number of hydrogen-bond donors (Lipinski definition) is 1. The lowest BCUT2D eigenvalue weighted by molar-refractivity contribution is 0.0702. The van der Waals surface area contributed by atoms with Crippen LogP contribution in [-0.4, -0.2) is 22.7 Å². The maximum Gasteiger partial charge on any atom is 0.347 e. The molecule has 1 N–H and O–H groups in total. The molecule has 0 atom stereocenters. The van der Waals surface area contributed by atoms with Crippen molar-refractivity contribution in [2.75, 3.05) is 6.61 Å². The molecule has 27 heavy (non-hydrogen) atoms. The quantitative estimate of drug-likeness (QED) is 0.356. The van der Waals surface area contributed by atoms with Crippen molar-refractivity contribution in [2.45, 2.75) is 20.8 Å². The Bertz CT molecular complexity index is 893. The monoisotopic (exact) mass is 382 g/mol. The average molecular weight is 382 g/mol. The van der Waals surface area contributed by atoms with Crippen molar-refractivity contribution in [3.63, 3.8) is 0 Å². The highest BCUT2D eigenvalue weighted by molar-refractivity contribution is 7.14. The first kappa shape index (κ1) is 21.9. The molecule has 0 radical (unpaired) electrons. The van der Waals surface area contributed by atoms with E-state index in [1.807, 2.05) is 32.9 Å². The van der Waals surface area contributed by atoms with Crippen molar-refractivity contribution >= 4 is 22.9 Å². The van der Waals surface area contributed by atoms with Gasteiger partial charge in [-0.2, -0.15) is 5.26 Å². The second-order valence-electron chi connectivity index (χ2n) is 5.24. The van der Waals surface area contributed by atoms with E-state index in [0.29, 0.717) is 39.7 Å². The maximum absolute atomic E-state index is 11.0. The normalized spacial score (nSPS) is 12.7. The number of allylic oxidation sites excluding steroid dienone is 9. The third-order valence-corrected chi connectivity index (χ3v) is 4.37. The van der Waals surface area contributed by atoms with E-state index in [1.54, 1.807) is 18.2 Å². The number of aromatic nitrogens is 1. The zero-order valence-electron chi connectivity index (χ0n) is 15.7. The Morgan fingerprint density at radius 3 is 2.59 bits per heavy atom. The van der Waals surface area contributed by atoms with E-state index in [0.717, 1.165) is 11.3 Å². The minimum atomic E-state index is -1.05. The molecule has 0 aliphatic heterocycles. The molecule has 1 aromatic heterocycles. The summed E-state index contributed by atoms with van der Waals surface area (Å²) in [6, 6.07) is 2.15. The number of thiazole rings is 1. The number of carbonyl (C=O) groups is 1. The Labute approximate surface area is 163 Å². The van der Waals surface area contributed by atoms with Crippen LogP contribution in [0.15, 0.2) is 72.2 Å². The SMILES string of the molecule is C=C(/C=C(\C=C/C)OCC)C(=C/C)/C(C#N)=C\C(=C)c1ncc(C(=O)O)s1. The molecule has 0 fully saturated rings. The topological polar surface area (TPSA) is 83.2 Å². The molecular formula is C21H22N2O3S. The van der Waals surface area contributed by atoms with Crippen LogP contribution in [0.2, 0.25) is 0 Å². The van der Waals surface area contributed by atoms with Gasteiger partial charge in [0.05, 0.1) is 24.4 Å². The van der Waals surface area contributed by atoms with E-state index in [1.165, 1.54) is 6.20 Å². The summed E-state index contributed by atoms with van der Waals surface area (Å²) in [6.45, 7) is 14.0. The standard InChI is InChI=1S/C21H22N2O3S/c1-6-9-17(26-8-3)11-14(4)18(7-2)16(12-22)10-15(5)20-23-13-19(27-20)21(24)25/h6-7,9-11,13H,4-5,8H2,1-3H3,(H,24,25)/b9-6-,16-10-,17-11+,18-7-. The number of rotatable bonds is 9. The van der Waals surface area contributed by atoms with Crippen LogP contribution in [0.4, 0.5) is 0 Å². The third-order valence-electron chi connectivity index (χ3n) is 3.31. The van der Waals surface area contributed by atoms with E-state index in [9.17, 15) is 10.1 Å². The highest BCUT2D eigenvalue weighted by Gasteiger charge is 2.13. The van der Waals surface area contributed by atoms with Gasteiger partial charge in [-0.25, -0.2) is 9.78 Å². The predicted molar refractivity (Wildman–Crippen MR) is 109 cm³/mol. The number of ether oxygens (including phenoxy) is 1. The first-order chi connectivity index (χ1) is 12.9. The van der Waals surface area contributed by atoms with Crippen LogP contribution >= 0.6 is 11.3 Å². The van der Waals surface area contributed by atoms with Crippen LogP contribution < -0.4 is 0 Å².